The summed E-state index contributed by atoms with van der Waals surface area (Å²) in [6.45, 7) is 1.73. The van der Waals surface area contributed by atoms with Crippen LogP contribution in [-0.2, 0) is 9.47 Å². The molecule has 0 fully saturated rings. The van der Waals surface area contributed by atoms with Crippen molar-refractivity contribution in [1.82, 2.24) is 15.1 Å². The van der Waals surface area contributed by atoms with Crippen LogP contribution in [0.15, 0.2) is 40.6 Å². The van der Waals surface area contributed by atoms with Gasteiger partial charge in [0.05, 0.1) is 14.2 Å². The highest BCUT2D eigenvalue weighted by atomic mass is 32.2. The fourth-order valence-electron chi connectivity index (χ4n) is 2.14. The molecular weight excluding hydrogens is 358 g/mol. The lowest BCUT2D eigenvalue weighted by atomic mass is 10.1. The van der Waals surface area contributed by atoms with Crippen LogP contribution in [0.25, 0.3) is 11.3 Å². The number of hydrazine groups is 1. The molecule has 10 heteroatoms. The summed E-state index contributed by atoms with van der Waals surface area (Å²) in [7, 11) is 2.40. The Morgan fingerprint density at radius 3 is 2.50 bits per heavy atom. The summed E-state index contributed by atoms with van der Waals surface area (Å²) in [5, 5.41) is 5.70. The minimum Gasteiger partial charge on any atom is -0.452 e. The largest absolute Gasteiger partial charge is 0.452 e. The van der Waals surface area contributed by atoms with Gasteiger partial charge in [-0.3, -0.25) is 0 Å². The summed E-state index contributed by atoms with van der Waals surface area (Å²) in [6.07, 6.45) is 1.72. The summed E-state index contributed by atoms with van der Waals surface area (Å²) in [5.41, 5.74) is 3.52. The zero-order valence-electron chi connectivity index (χ0n) is 14.8. The van der Waals surface area contributed by atoms with Crippen LogP contribution in [0.3, 0.4) is 0 Å². The van der Waals surface area contributed by atoms with Crippen molar-refractivity contribution in [2.24, 2.45) is 5.10 Å². The molecule has 2 amide bonds. The van der Waals surface area contributed by atoms with E-state index in [-0.39, 0.29) is 5.82 Å². The number of carbonyl (C=O) groups excluding carboxylic acids is 2. The fourth-order valence-corrected chi connectivity index (χ4v) is 2.63. The Bertz CT molecular complexity index is 806. The first kappa shape index (κ1) is 19.3. The van der Waals surface area contributed by atoms with Gasteiger partial charge in [-0.1, -0.05) is 42.1 Å². The van der Waals surface area contributed by atoms with Crippen LogP contribution in [-0.4, -0.2) is 48.5 Å². The number of imidazole rings is 1. The molecule has 2 rings (SSSR count). The van der Waals surface area contributed by atoms with Crippen LogP contribution in [0, 0.1) is 0 Å². The van der Waals surface area contributed by atoms with Gasteiger partial charge in [0.15, 0.2) is 11.0 Å². The molecule has 0 spiro atoms. The number of anilines is 1. The predicted molar refractivity (Wildman–Crippen MR) is 99.4 cm³/mol. The number of aromatic nitrogens is 2. The van der Waals surface area contributed by atoms with Gasteiger partial charge in [-0.2, -0.15) is 14.8 Å². The van der Waals surface area contributed by atoms with Crippen LogP contribution in [0.2, 0.25) is 0 Å². The maximum Gasteiger partial charge on any atom is 0.434 e. The van der Waals surface area contributed by atoms with Gasteiger partial charge in [0.2, 0.25) is 0 Å². The van der Waals surface area contributed by atoms with Gasteiger partial charge in [-0.25, -0.2) is 20.0 Å². The number of carbonyl (C=O) groups is 2. The molecule has 0 radical (unpaired) electrons. The van der Waals surface area contributed by atoms with Crippen LogP contribution in [0.1, 0.15) is 6.92 Å². The van der Waals surface area contributed by atoms with Crippen molar-refractivity contribution in [2.75, 3.05) is 25.5 Å². The van der Waals surface area contributed by atoms with Crippen LogP contribution >= 0.6 is 11.8 Å². The zero-order valence-corrected chi connectivity index (χ0v) is 15.6. The lowest BCUT2D eigenvalue weighted by Gasteiger charge is -2.22. The van der Waals surface area contributed by atoms with E-state index in [1.54, 1.807) is 13.1 Å². The summed E-state index contributed by atoms with van der Waals surface area (Å²) in [6, 6.07) is 9.23. The van der Waals surface area contributed by atoms with Gasteiger partial charge < -0.3 is 9.47 Å². The molecule has 0 saturated carbocycles. The first-order valence-electron chi connectivity index (χ1n) is 7.51. The highest BCUT2D eigenvalue weighted by Gasteiger charge is 2.30. The number of benzene rings is 1. The first-order chi connectivity index (χ1) is 12.6. The van der Waals surface area contributed by atoms with Crippen molar-refractivity contribution in [1.29, 1.82) is 0 Å². The Hall–Kier alpha value is -3.01. The van der Waals surface area contributed by atoms with E-state index in [9.17, 15) is 9.59 Å². The van der Waals surface area contributed by atoms with E-state index < -0.39 is 12.2 Å². The lowest BCUT2D eigenvalue weighted by Crippen LogP contribution is -2.47. The lowest BCUT2D eigenvalue weighted by molar-refractivity contribution is 0.157. The van der Waals surface area contributed by atoms with E-state index in [1.807, 2.05) is 36.6 Å². The summed E-state index contributed by atoms with van der Waals surface area (Å²) in [5.74, 6) is 0.218. The average molecular weight is 377 g/mol. The molecule has 1 aromatic heterocycles. The average Bonchev–Trinajstić information content (AvgIpc) is 3.04. The molecule has 0 aliphatic rings. The van der Waals surface area contributed by atoms with Crippen molar-refractivity contribution >= 4 is 36.0 Å². The zero-order chi connectivity index (χ0) is 19.1. The van der Waals surface area contributed by atoms with E-state index >= 15 is 0 Å². The monoisotopic (exact) mass is 377 g/mol. The van der Waals surface area contributed by atoms with Crippen LogP contribution in [0.4, 0.5) is 15.4 Å². The van der Waals surface area contributed by atoms with E-state index in [1.165, 1.54) is 30.7 Å². The minimum absolute atomic E-state index is 0.218. The molecule has 1 N–H and O–H groups in total. The Kier molecular flexibility index (Phi) is 6.61. The minimum atomic E-state index is -0.839. The molecule has 0 unspecified atom stereocenters. The van der Waals surface area contributed by atoms with Gasteiger partial charge in [0.25, 0.3) is 0 Å². The Morgan fingerprint density at radius 2 is 1.96 bits per heavy atom. The maximum absolute atomic E-state index is 12.3. The normalized spacial score (nSPS) is 10.6. The topological polar surface area (TPSA) is 98.0 Å². The molecule has 138 valence electrons. The standard InChI is InChI=1S/C16H19N5O4S/c1-5-17-20-13(21(16(23)25-3)19-15(22)24-2)12(18-14(20)26-4)11-9-7-6-8-10-11/h5-10H,1-4H3,(H,19,22)/b17-5+. The smallest absolute Gasteiger partial charge is 0.434 e. The number of ether oxygens (including phenoxy) is 2. The highest BCUT2D eigenvalue weighted by molar-refractivity contribution is 7.98. The van der Waals surface area contributed by atoms with Crippen molar-refractivity contribution in [3.05, 3.63) is 30.3 Å². The first-order valence-corrected chi connectivity index (χ1v) is 8.73. The third kappa shape index (κ3) is 3.97. The third-order valence-corrected chi connectivity index (χ3v) is 3.85. The maximum atomic E-state index is 12.3. The van der Waals surface area contributed by atoms with Crippen molar-refractivity contribution in [3.63, 3.8) is 0 Å². The predicted octanol–water partition coefficient (Wildman–Crippen LogP) is 2.97. The van der Waals surface area contributed by atoms with Crippen molar-refractivity contribution < 1.29 is 19.1 Å². The van der Waals surface area contributed by atoms with Gasteiger partial charge in [-0.15, -0.1) is 0 Å². The number of amides is 2. The van der Waals surface area contributed by atoms with Crippen molar-refractivity contribution in [2.45, 2.75) is 12.1 Å². The molecule has 0 atom stereocenters. The number of hydrogen-bond acceptors (Lipinski definition) is 7. The quantitative estimate of drug-likeness (QED) is 0.500. The third-order valence-electron chi connectivity index (χ3n) is 3.22. The molecule has 26 heavy (non-hydrogen) atoms. The number of thioether (sulfide) groups is 1. The van der Waals surface area contributed by atoms with Gasteiger partial charge in [-0.05, 0) is 13.2 Å². The second-order valence-corrected chi connectivity index (χ2v) is 5.50. The molecule has 9 nitrogen and oxygen atoms in total. The van der Waals surface area contributed by atoms with Gasteiger partial charge >= 0.3 is 12.2 Å². The Balaban J connectivity index is 2.73. The van der Waals surface area contributed by atoms with Crippen molar-refractivity contribution in [3.8, 4) is 11.3 Å². The second kappa shape index (κ2) is 8.90. The fraction of sp³-hybridized carbons (Fsp3) is 0.250. The van der Waals surface area contributed by atoms with E-state index in [0.29, 0.717) is 10.9 Å². The second-order valence-electron chi connectivity index (χ2n) is 4.73. The van der Waals surface area contributed by atoms with Gasteiger partial charge in [0, 0.05) is 11.8 Å². The Morgan fingerprint density at radius 1 is 1.27 bits per heavy atom. The van der Waals surface area contributed by atoms with Crippen LogP contribution < -0.4 is 10.4 Å². The summed E-state index contributed by atoms with van der Waals surface area (Å²) < 4.78 is 10.8. The molecule has 0 saturated heterocycles. The Labute approximate surface area is 155 Å². The molecule has 2 aromatic rings. The number of methoxy groups -OCH3 is 2. The SMILES string of the molecule is C/C=N/n1c(SC)nc(-c2ccccc2)c1N(NC(=O)OC)C(=O)OC. The highest BCUT2D eigenvalue weighted by Crippen LogP contribution is 2.34. The van der Waals surface area contributed by atoms with Crippen LogP contribution in [0.5, 0.6) is 0 Å². The van der Waals surface area contributed by atoms with Gasteiger partial charge in [0.1, 0.15) is 5.69 Å². The molecule has 1 heterocycles. The number of hydrogen-bond donors (Lipinski definition) is 1. The van der Waals surface area contributed by atoms with E-state index in [4.69, 9.17) is 4.74 Å². The molecule has 0 bridgehead atoms. The van der Waals surface area contributed by atoms with E-state index in [0.717, 1.165) is 10.6 Å². The molecule has 0 aliphatic carbocycles. The number of nitrogens with zero attached hydrogens (tertiary/aromatic N) is 4. The molecular formula is C16H19N5O4S. The number of rotatable bonds is 4. The summed E-state index contributed by atoms with van der Waals surface area (Å²) >= 11 is 1.34. The molecule has 0 aliphatic heterocycles. The van der Waals surface area contributed by atoms with E-state index in [2.05, 4.69) is 20.2 Å². The molecule has 1 aromatic carbocycles. The number of nitrogens with one attached hydrogen (secondary N) is 1. The summed E-state index contributed by atoms with van der Waals surface area (Å²) in [4.78, 5) is 28.6.